The third kappa shape index (κ3) is 4.36. The number of hydrogen-bond acceptors (Lipinski definition) is 6. The summed E-state index contributed by atoms with van der Waals surface area (Å²) in [5.41, 5.74) is 2.45. The summed E-state index contributed by atoms with van der Waals surface area (Å²) in [6, 6.07) is 18.3. The summed E-state index contributed by atoms with van der Waals surface area (Å²) in [6.45, 7) is 7.83. The highest BCUT2D eigenvalue weighted by Crippen LogP contribution is 2.40. The maximum atomic E-state index is 13.0. The van der Waals surface area contributed by atoms with Gasteiger partial charge in [0.05, 0.1) is 11.3 Å². The fourth-order valence-electron chi connectivity index (χ4n) is 3.58. The number of hydrogen-bond donors (Lipinski definition) is 3. The lowest BCUT2D eigenvalue weighted by atomic mass is 9.90. The molecule has 3 N–H and O–H groups in total. The summed E-state index contributed by atoms with van der Waals surface area (Å²) in [5.74, 6) is -0.668. The van der Waals surface area contributed by atoms with E-state index in [1.54, 1.807) is 30.3 Å². The molecule has 4 rings (SSSR count). The molecule has 3 aromatic carbocycles. The second kappa shape index (κ2) is 8.79. The van der Waals surface area contributed by atoms with Crippen LogP contribution in [0.1, 0.15) is 48.0 Å². The molecule has 0 saturated carbocycles. The summed E-state index contributed by atoms with van der Waals surface area (Å²) in [7, 11) is 0. The number of rotatable bonds is 4. The zero-order valence-electron chi connectivity index (χ0n) is 19.3. The number of benzene rings is 3. The number of azo groups is 1. The standard InChI is InChI=1S/C26H24N6O2/c1-15-9-11-17(12-10-15)28-25(34)19-13-16-7-5-6-8-18(16)21(22(19)33)29-31-24-20(14-27)23(30-32-24)26(2,3)4/h5-13,33H,1-4H3,(H,28,34)(H,30,32). The number of nitrogens with zero attached hydrogens (tertiary/aromatic N) is 4. The van der Waals surface area contributed by atoms with Gasteiger partial charge in [-0.25, -0.2) is 0 Å². The number of carbonyl (C=O) groups is 1. The maximum absolute atomic E-state index is 13.0. The van der Waals surface area contributed by atoms with Gasteiger partial charge in [0.15, 0.2) is 5.75 Å². The van der Waals surface area contributed by atoms with E-state index in [0.717, 1.165) is 5.56 Å². The Kier molecular flexibility index (Phi) is 5.86. The minimum absolute atomic E-state index is 0.0612. The predicted molar refractivity (Wildman–Crippen MR) is 131 cm³/mol. The van der Waals surface area contributed by atoms with Crippen LogP contribution in [0.5, 0.6) is 5.75 Å². The Labute approximate surface area is 197 Å². The first-order valence-electron chi connectivity index (χ1n) is 10.7. The van der Waals surface area contributed by atoms with Crippen LogP contribution in [-0.2, 0) is 5.41 Å². The minimum atomic E-state index is -0.476. The molecule has 8 heteroatoms. The Morgan fingerprint density at radius 3 is 2.50 bits per heavy atom. The summed E-state index contributed by atoms with van der Waals surface area (Å²) < 4.78 is 0. The van der Waals surface area contributed by atoms with Crippen molar-refractivity contribution < 1.29 is 9.90 Å². The molecule has 8 nitrogen and oxygen atoms in total. The maximum Gasteiger partial charge on any atom is 0.259 e. The highest BCUT2D eigenvalue weighted by atomic mass is 16.3. The average molecular weight is 453 g/mol. The third-order valence-electron chi connectivity index (χ3n) is 5.40. The molecule has 4 aromatic rings. The number of nitriles is 1. The number of aryl methyl sites for hydroxylation is 1. The molecule has 1 heterocycles. The normalized spacial score (nSPS) is 11.6. The van der Waals surface area contributed by atoms with Gasteiger partial charge in [-0.15, -0.1) is 10.2 Å². The van der Waals surface area contributed by atoms with Crippen LogP contribution in [0, 0.1) is 18.3 Å². The van der Waals surface area contributed by atoms with Crippen molar-refractivity contribution in [3.05, 3.63) is 77.0 Å². The largest absolute Gasteiger partial charge is 0.505 e. The molecule has 0 aliphatic rings. The van der Waals surface area contributed by atoms with Crippen LogP contribution in [0.3, 0.4) is 0 Å². The number of phenolic OH excluding ortho intramolecular Hbond substituents is 1. The van der Waals surface area contributed by atoms with Crippen LogP contribution in [0.25, 0.3) is 10.8 Å². The average Bonchev–Trinajstić information content (AvgIpc) is 3.23. The Hall–Kier alpha value is -4.51. The number of nitrogens with one attached hydrogen (secondary N) is 2. The van der Waals surface area contributed by atoms with Crippen molar-refractivity contribution in [2.45, 2.75) is 33.1 Å². The first-order valence-corrected chi connectivity index (χ1v) is 10.7. The summed E-state index contributed by atoms with van der Waals surface area (Å²) in [6.07, 6.45) is 0. The second-order valence-corrected chi connectivity index (χ2v) is 9.02. The van der Waals surface area contributed by atoms with Gasteiger partial charge >= 0.3 is 0 Å². The predicted octanol–water partition coefficient (Wildman–Crippen LogP) is 6.41. The molecule has 0 spiro atoms. The highest BCUT2D eigenvalue weighted by Gasteiger charge is 2.24. The molecular formula is C26H24N6O2. The van der Waals surface area contributed by atoms with E-state index < -0.39 is 5.91 Å². The number of aromatic nitrogens is 2. The van der Waals surface area contributed by atoms with Crippen LogP contribution in [0.4, 0.5) is 17.2 Å². The summed E-state index contributed by atoms with van der Waals surface area (Å²) in [5, 5.41) is 40.1. The quantitative estimate of drug-likeness (QED) is 0.309. The van der Waals surface area contributed by atoms with Crippen molar-refractivity contribution in [2.24, 2.45) is 10.2 Å². The van der Waals surface area contributed by atoms with Crippen LogP contribution < -0.4 is 5.32 Å². The number of fused-ring (bicyclic) bond motifs is 1. The number of carbonyl (C=O) groups excluding carboxylic acids is 1. The molecule has 0 fully saturated rings. The summed E-state index contributed by atoms with van der Waals surface area (Å²) in [4.78, 5) is 13.0. The molecular weight excluding hydrogens is 428 g/mol. The van der Waals surface area contributed by atoms with Gasteiger partial charge in [-0.05, 0) is 30.5 Å². The molecule has 1 aromatic heterocycles. The number of amides is 1. The number of aromatic amines is 1. The highest BCUT2D eigenvalue weighted by molar-refractivity contribution is 6.11. The first-order chi connectivity index (χ1) is 16.2. The molecule has 0 atom stereocenters. The van der Waals surface area contributed by atoms with Gasteiger partial charge in [0, 0.05) is 16.5 Å². The van der Waals surface area contributed by atoms with E-state index in [2.05, 4.69) is 31.8 Å². The van der Waals surface area contributed by atoms with Crippen molar-refractivity contribution in [1.29, 1.82) is 5.26 Å². The lowest BCUT2D eigenvalue weighted by Crippen LogP contribution is -2.13. The van der Waals surface area contributed by atoms with E-state index in [0.29, 0.717) is 22.2 Å². The van der Waals surface area contributed by atoms with E-state index in [1.165, 1.54) is 0 Å². The van der Waals surface area contributed by atoms with Crippen molar-refractivity contribution in [2.75, 3.05) is 5.32 Å². The van der Waals surface area contributed by atoms with Crippen molar-refractivity contribution >= 4 is 33.9 Å². The third-order valence-corrected chi connectivity index (χ3v) is 5.40. The lowest BCUT2D eigenvalue weighted by Gasteiger charge is -2.15. The molecule has 34 heavy (non-hydrogen) atoms. The zero-order valence-corrected chi connectivity index (χ0v) is 19.3. The Bertz CT molecular complexity index is 1450. The van der Waals surface area contributed by atoms with Gasteiger partial charge in [-0.3, -0.25) is 9.89 Å². The fourth-order valence-corrected chi connectivity index (χ4v) is 3.58. The van der Waals surface area contributed by atoms with Gasteiger partial charge in [-0.2, -0.15) is 10.4 Å². The first kappa shape index (κ1) is 22.7. The van der Waals surface area contributed by atoms with E-state index in [4.69, 9.17) is 0 Å². The van der Waals surface area contributed by atoms with Gasteiger partial charge in [0.1, 0.15) is 17.3 Å². The smallest absolute Gasteiger partial charge is 0.259 e. The van der Waals surface area contributed by atoms with E-state index in [-0.39, 0.29) is 33.8 Å². The topological polar surface area (TPSA) is 127 Å². The monoisotopic (exact) mass is 452 g/mol. The van der Waals surface area contributed by atoms with Crippen LogP contribution in [-0.4, -0.2) is 21.2 Å². The number of H-pyrrole nitrogens is 1. The molecule has 0 unspecified atom stereocenters. The molecule has 0 aliphatic carbocycles. The van der Waals surface area contributed by atoms with Gasteiger partial charge in [-0.1, -0.05) is 62.7 Å². The Morgan fingerprint density at radius 1 is 1.12 bits per heavy atom. The van der Waals surface area contributed by atoms with Gasteiger partial charge < -0.3 is 10.4 Å². The summed E-state index contributed by atoms with van der Waals surface area (Å²) >= 11 is 0. The van der Waals surface area contributed by atoms with Gasteiger partial charge in [0.2, 0.25) is 5.82 Å². The Morgan fingerprint density at radius 2 is 1.82 bits per heavy atom. The fraction of sp³-hybridized carbons (Fsp3) is 0.192. The van der Waals surface area contributed by atoms with E-state index in [1.807, 2.05) is 52.0 Å². The van der Waals surface area contributed by atoms with Gasteiger partial charge in [0.25, 0.3) is 5.91 Å². The number of phenols is 1. The molecule has 0 radical (unpaired) electrons. The van der Waals surface area contributed by atoms with E-state index in [9.17, 15) is 15.2 Å². The molecule has 0 bridgehead atoms. The second-order valence-electron chi connectivity index (χ2n) is 9.02. The minimum Gasteiger partial charge on any atom is -0.505 e. The Balaban J connectivity index is 1.78. The molecule has 170 valence electrons. The van der Waals surface area contributed by atoms with Crippen LogP contribution in [0.2, 0.25) is 0 Å². The van der Waals surface area contributed by atoms with Crippen molar-refractivity contribution in [3.8, 4) is 11.8 Å². The van der Waals surface area contributed by atoms with Crippen LogP contribution >= 0.6 is 0 Å². The van der Waals surface area contributed by atoms with Crippen molar-refractivity contribution in [3.63, 3.8) is 0 Å². The molecule has 0 saturated heterocycles. The lowest BCUT2D eigenvalue weighted by molar-refractivity contribution is 0.102. The van der Waals surface area contributed by atoms with Crippen LogP contribution in [0.15, 0.2) is 64.8 Å². The number of anilines is 1. The molecule has 0 aliphatic heterocycles. The zero-order chi connectivity index (χ0) is 24.5. The molecule has 1 amide bonds. The van der Waals surface area contributed by atoms with E-state index >= 15 is 0 Å². The number of aromatic hydroxyl groups is 1. The van der Waals surface area contributed by atoms with Crippen molar-refractivity contribution in [1.82, 2.24) is 10.2 Å². The SMILES string of the molecule is Cc1ccc(NC(=O)c2cc3ccccc3c(N=Nc3n[nH]c(C(C)(C)C)c3C#N)c2O)cc1.